The number of thiophene rings is 2. The molecule has 21 heavy (non-hydrogen) atoms. The molecule has 0 radical (unpaired) electrons. The second-order valence-corrected chi connectivity index (χ2v) is 7.26. The van der Waals surface area contributed by atoms with Gasteiger partial charge in [0.2, 0.25) is 0 Å². The molecule has 3 nitrogen and oxygen atoms in total. The van der Waals surface area contributed by atoms with Gasteiger partial charge >= 0.3 is 0 Å². The highest BCUT2D eigenvalue weighted by Crippen LogP contribution is 2.34. The van der Waals surface area contributed by atoms with Crippen LogP contribution in [0.1, 0.15) is 16.6 Å². The summed E-state index contributed by atoms with van der Waals surface area (Å²) in [7, 11) is 1.98. The molecule has 0 saturated heterocycles. The fourth-order valence-electron chi connectivity index (χ4n) is 2.72. The predicted octanol–water partition coefficient (Wildman–Crippen LogP) is 4.09. The van der Waals surface area contributed by atoms with Gasteiger partial charge in [-0.15, -0.1) is 22.7 Å². The van der Waals surface area contributed by atoms with Crippen molar-refractivity contribution in [3.05, 3.63) is 52.3 Å². The highest BCUT2D eigenvalue weighted by Gasteiger charge is 2.15. The summed E-state index contributed by atoms with van der Waals surface area (Å²) in [5.74, 6) is 0. The lowest BCUT2D eigenvalue weighted by molar-refractivity contribution is 0.691. The van der Waals surface area contributed by atoms with E-state index < -0.39 is 0 Å². The van der Waals surface area contributed by atoms with Crippen molar-refractivity contribution in [2.75, 3.05) is 0 Å². The van der Waals surface area contributed by atoms with E-state index in [-0.39, 0.29) is 6.04 Å². The lowest BCUT2D eigenvalue weighted by Crippen LogP contribution is -2.12. The molecule has 1 unspecified atom stereocenters. The SMILES string of the molecule is Cn1nc(CC(N)c2cc3sccc3s2)c2ccccc21. The summed E-state index contributed by atoms with van der Waals surface area (Å²) in [5.41, 5.74) is 8.66. The van der Waals surface area contributed by atoms with Crippen molar-refractivity contribution >= 4 is 43.0 Å². The van der Waals surface area contributed by atoms with Gasteiger partial charge in [-0.25, -0.2) is 0 Å². The number of nitrogens with zero attached hydrogens (tertiary/aromatic N) is 2. The Morgan fingerprint density at radius 3 is 2.95 bits per heavy atom. The zero-order chi connectivity index (χ0) is 14.4. The van der Waals surface area contributed by atoms with Crippen LogP contribution >= 0.6 is 22.7 Å². The number of fused-ring (bicyclic) bond motifs is 2. The maximum absolute atomic E-state index is 6.42. The Bertz CT molecular complexity index is 887. The van der Waals surface area contributed by atoms with E-state index in [1.165, 1.54) is 19.7 Å². The summed E-state index contributed by atoms with van der Waals surface area (Å²) in [6.45, 7) is 0. The van der Waals surface area contributed by atoms with Crippen LogP contribution in [-0.2, 0) is 13.5 Å². The van der Waals surface area contributed by atoms with Crippen molar-refractivity contribution in [3.8, 4) is 0 Å². The molecule has 3 aromatic heterocycles. The number of para-hydroxylation sites is 1. The lowest BCUT2D eigenvalue weighted by Gasteiger charge is -2.07. The van der Waals surface area contributed by atoms with Gasteiger partial charge in [-0.3, -0.25) is 4.68 Å². The van der Waals surface area contributed by atoms with Gasteiger partial charge in [0.25, 0.3) is 0 Å². The third-order valence-electron chi connectivity index (χ3n) is 3.77. The maximum Gasteiger partial charge on any atom is 0.0722 e. The Labute approximate surface area is 130 Å². The molecule has 0 spiro atoms. The second kappa shape index (κ2) is 4.94. The van der Waals surface area contributed by atoms with Gasteiger partial charge in [-0.05, 0) is 23.6 Å². The Hall–Kier alpha value is -1.69. The van der Waals surface area contributed by atoms with E-state index in [4.69, 9.17) is 5.73 Å². The van der Waals surface area contributed by atoms with Gasteiger partial charge < -0.3 is 5.73 Å². The topological polar surface area (TPSA) is 43.8 Å². The van der Waals surface area contributed by atoms with E-state index in [9.17, 15) is 0 Å². The minimum absolute atomic E-state index is 0.00732. The molecule has 2 N–H and O–H groups in total. The summed E-state index contributed by atoms with van der Waals surface area (Å²) in [6.07, 6.45) is 0.773. The fraction of sp³-hybridized carbons (Fsp3) is 0.188. The highest BCUT2D eigenvalue weighted by atomic mass is 32.1. The van der Waals surface area contributed by atoms with Gasteiger partial charge in [0.05, 0.1) is 11.2 Å². The van der Waals surface area contributed by atoms with Crippen molar-refractivity contribution in [2.45, 2.75) is 12.5 Å². The molecule has 0 fully saturated rings. The molecule has 1 atom stereocenters. The fourth-order valence-corrected chi connectivity index (χ4v) is 4.84. The van der Waals surface area contributed by atoms with E-state index >= 15 is 0 Å². The number of nitrogens with two attached hydrogens (primary N) is 1. The average Bonchev–Trinajstić information content (AvgIpc) is 3.14. The quantitative estimate of drug-likeness (QED) is 0.619. The summed E-state index contributed by atoms with van der Waals surface area (Å²) in [6, 6.07) is 12.7. The van der Waals surface area contributed by atoms with Crippen molar-refractivity contribution in [1.29, 1.82) is 0 Å². The third kappa shape index (κ3) is 2.18. The van der Waals surface area contributed by atoms with Gasteiger partial charge in [0, 0.05) is 39.2 Å². The van der Waals surface area contributed by atoms with Crippen LogP contribution in [-0.4, -0.2) is 9.78 Å². The Morgan fingerprint density at radius 1 is 1.24 bits per heavy atom. The van der Waals surface area contributed by atoms with Crippen LogP contribution in [0, 0.1) is 0 Å². The molecular formula is C16H15N3S2. The molecule has 0 bridgehead atoms. The smallest absolute Gasteiger partial charge is 0.0722 e. The van der Waals surface area contributed by atoms with E-state index in [0.29, 0.717) is 0 Å². The molecule has 0 amide bonds. The first-order valence-electron chi connectivity index (χ1n) is 6.85. The van der Waals surface area contributed by atoms with E-state index in [2.05, 4.69) is 40.8 Å². The average molecular weight is 313 g/mol. The summed E-state index contributed by atoms with van der Waals surface area (Å²) in [4.78, 5) is 1.24. The van der Waals surface area contributed by atoms with Crippen LogP contribution in [0.5, 0.6) is 0 Å². The molecule has 0 aliphatic rings. The zero-order valence-electron chi connectivity index (χ0n) is 11.6. The van der Waals surface area contributed by atoms with Crippen LogP contribution in [0.3, 0.4) is 0 Å². The Balaban J connectivity index is 1.69. The normalized spacial score (nSPS) is 13.2. The van der Waals surface area contributed by atoms with Crippen LogP contribution < -0.4 is 5.73 Å². The highest BCUT2D eigenvalue weighted by molar-refractivity contribution is 7.26. The number of rotatable bonds is 3. The molecule has 0 aliphatic heterocycles. The van der Waals surface area contributed by atoms with Gasteiger partial charge in [0.15, 0.2) is 0 Å². The van der Waals surface area contributed by atoms with Crippen LogP contribution in [0.25, 0.3) is 20.3 Å². The molecule has 0 saturated carbocycles. The van der Waals surface area contributed by atoms with Crippen molar-refractivity contribution in [2.24, 2.45) is 12.8 Å². The second-order valence-electron chi connectivity index (χ2n) is 5.20. The number of aryl methyl sites for hydroxylation is 1. The zero-order valence-corrected chi connectivity index (χ0v) is 13.2. The minimum Gasteiger partial charge on any atom is -0.323 e. The van der Waals surface area contributed by atoms with Crippen molar-refractivity contribution in [3.63, 3.8) is 0 Å². The standard InChI is InChI=1S/C16H15N3S2/c1-19-13-5-3-2-4-10(13)12(18-19)8-11(17)15-9-16-14(21-15)6-7-20-16/h2-7,9,11H,8,17H2,1H3. The first-order chi connectivity index (χ1) is 10.2. The predicted molar refractivity (Wildman–Crippen MR) is 91.0 cm³/mol. The number of hydrogen-bond donors (Lipinski definition) is 1. The molecular weight excluding hydrogens is 298 g/mol. The number of hydrogen-bond acceptors (Lipinski definition) is 4. The lowest BCUT2D eigenvalue weighted by atomic mass is 10.1. The minimum atomic E-state index is 0.00732. The largest absolute Gasteiger partial charge is 0.323 e. The van der Waals surface area contributed by atoms with E-state index in [1.54, 1.807) is 22.7 Å². The van der Waals surface area contributed by atoms with Crippen LogP contribution in [0.15, 0.2) is 41.8 Å². The van der Waals surface area contributed by atoms with Gasteiger partial charge in [-0.1, -0.05) is 18.2 Å². The monoisotopic (exact) mass is 313 g/mol. The Kier molecular flexibility index (Phi) is 3.06. The summed E-state index contributed by atoms with van der Waals surface area (Å²) >= 11 is 3.57. The van der Waals surface area contributed by atoms with Gasteiger partial charge in [-0.2, -0.15) is 5.10 Å². The number of aromatic nitrogens is 2. The summed E-state index contributed by atoms with van der Waals surface area (Å²) in [5, 5.41) is 7.97. The molecule has 4 rings (SSSR count). The third-order valence-corrected chi connectivity index (χ3v) is 6.00. The number of benzene rings is 1. The van der Waals surface area contributed by atoms with Crippen molar-refractivity contribution in [1.82, 2.24) is 9.78 Å². The molecule has 1 aromatic carbocycles. The van der Waals surface area contributed by atoms with Crippen LogP contribution in [0.2, 0.25) is 0 Å². The van der Waals surface area contributed by atoms with Crippen LogP contribution in [0.4, 0.5) is 0 Å². The first-order valence-corrected chi connectivity index (χ1v) is 8.55. The molecule has 0 aliphatic carbocycles. The van der Waals surface area contributed by atoms with E-state index in [0.717, 1.165) is 17.6 Å². The molecule has 5 heteroatoms. The Morgan fingerprint density at radius 2 is 2.10 bits per heavy atom. The molecule has 3 heterocycles. The van der Waals surface area contributed by atoms with Gasteiger partial charge in [0.1, 0.15) is 0 Å². The first kappa shape index (κ1) is 13.0. The maximum atomic E-state index is 6.42. The van der Waals surface area contributed by atoms with Crippen molar-refractivity contribution < 1.29 is 0 Å². The molecule has 106 valence electrons. The molecule has 4 aromatic rings. The summed E-state index contributed by atoms with van der Waals surface area (Å²) < 4.78 is 4.59. The van der Waals surface area contributed by atoms with E-state index in [1.807, 2.05) is 17.8 Å².